The average molecular weight is 219 g/mol. The predicted octanol–water partition coefficient (Wildman–Crippen LogP) is 2.53. The van der Waals surface area contributed by atoms with Gasteiger partial charge in [-0.2, -0.15) is 11.8 Å². The molecule has 1 atom stereocenters. The van der Waals surface area contributed by atoms with E-state index < -0.39 is 0 Å². The summed E-state index contributed by atoms with van der Waals surface area (Å²) in [6.07, 6.45) is 6.15. The van der Waals surface area contributed by atoms with Crippen molar-refractivity contribution in [1.82, 2.24) is 5.32 Å². The van der Waals surface area contributed by atoms with Crippen LogP contribution in [0.1, 0.15) is 33.1 Å². The van der Waals surface area contributed by atoms with Crippen LogP contribution in [0.25, 0.3) is 0 Å². The van der Waals surface area contributed by atoms with E-state index in [1.54, 1.807) is 0 Å². The molecule has 0 heterocycles. The monoisotopic (exact) mass is 219 g/mol. The van der Waals surface area contributed by atoms with E-state index in [-0.39, 0.29) is 0 Å². The highest BCUT2D eigenvalue weighted by molar-refractivity contribution is 7.98. The lowest BCUT2D eigenvalue weighted by atomic mass is 10.2. The SMILES string of the molecule is CCOCC(C)NCCCCCSC. The van der Waals surface area contributed by atoms with Gasteiger partial charge in [-0.15, -0.1) is 0 Å². The fraction of sp³-hybridized carbons (Fsp3) is 1.00. The first-order valence-electron chi connectivity index (χ1n) is 5.61. The number of hydrogen-bond donors (Lipinski definition) is 1. The van der Waals surface area contributed by atoms with E-state index >= 15 is 0 Å². The summed E-state index contributed by atoms with van der Waals surface area (Å²) in [5.41, 5.74) is 0. The standard InChI is InChI=1S/C11H25NOS/c1-4-13-10-11(2)12-8-6-5-7-9-14-3/h11-12H,4-10H2,1-3H3. The highest BCUT2D eigenvalue weighted by Crippen LogP contribution is 2.01. The quantitative estimate of drug-likeness (QED) is 0.571. The molecule has 0 amide bonds. The van der Waals surface area contributed by atoms with Crippen LogP contribution in [0, 0.1) is 0 Å². The van der Waals surface area contributed by atoms with E-state index in [9.17, 15) is 0 Å². The van der Waals surface area contributed by atoms with E-state index in [2.05, 4.69) is 18.5 Å². The zero-order valence-corrected chi connectivity index (χ0v) is 10.7. The van der Waals surface area contributed by atoms with Crippen molar-refractivity contribution in [2.45, 2.75) is 39.2 Å². The predicted molar refractivity (Wildman–Crippen MR) is 66.2 cm³/mol. The number of hydrogen-bond acceptors (Lipinski definition) is 3. The molecule has 2 nitrogen and oxygen atoms in total. The second-order valence-electron chi connectivity index (χ2n) is 3.57. The topological polar surface area (TPSA) is 21.3 Å². The molecular formula is C11H25NOS. The molecule has 0 aromatic carbocycles. The molecule has 0 aliphatic rings. The summed E-state index contributed by atoms with van der Waals surface area (Å²) in [5.74, 6) is 1.30. The van der Waals surface area contributed by atoms with Crippen molar-refractivity contribution in [3.05, 3.63) is 0 Å². The van der Waals surface area contributed by atoms with E-state index in [0.717, 1.165) is 19.8 Å². The van der Waals surface area contributed by atoms with Crippen LogP contribution in [-0.4, -0.2) is 37.8 Å². The lowest BCUT2D eigenvalue weighted by Gasteiger charge is -2.13. The van der Waals surface area contributed by atoms with Gasteiger partial charge in [-0.05, 0) is 45.2 Å². The Kier molecular flexibility index (Phi) is 11.6. The largest absolute Gasteiger partial charge is 0.380 e. The molecule has 0 saturated heterocycles. The van der Waals surface area contributed by atoms with Crippen molar-refractivity contribution >= 4 is 11.8 Å². The van der Waals surface area contributed by atoms with Crippen LogP contribution >= 0.6 is 11.8 Å². The third-order valence-corrected chi connectivity index (χ3v) is 2.79. The maximum atomic E-state index is 5.33. The molecule has 0 aliphatic carbocycles. The Morgan fingerprint density at radius 3 is 2.71 bits per heavy atom. The van der Waals surface area contributed by atoms with Crippen LogP contribution < -0.4 is 5.32 Å². The molecule has 0 fully saturated rings. The van der Waals surface area contributed by atoms with Crippen LogP contribution in [0.5, 0.6) is 0 Å². The van der Waals surface area contributed by atoms with Crippen LogP contribution in [0.3, 0.4) is 0 Å². The fourth-order valence-electron chi connectivity index (χ4n) is 1.25. The van der Waals surface area contributed by atoms with Crippen molar-refractivity contribution in [2.24, 2.45) is 0 Å². The highest BCUT2D eigenvalue weighted by Gasteiger charge is 1.99. The fourth-order valence-corrected chi connectivity index (χ4v) is 1.74. The normalized spacial score (nSPS) is 13.1. The van der Waals surface area contributed by atoms with E-state index in [1.165, 1.54) is 25.0 Å². The van der Waals surface area contributed by atoms with Crippen LogP contribution in [0.15, 0.2) is 0 Å². The Labute approximate surface area is 93.2 Å². The van der Waals surface area contributed by atoms with Gasteiger partial charge in [0, 0.05) is 12.6 Å². The molecule has 0 saturated carbocycles. The highest BCUT2D eigenvalue weighted by atomic mass is 32.2. The minimum atomic E-state index is 0.496. The summed E-state index contributed by atoms with van der Waals surface area (Å²) in [5, 5.41) is 3.46. The van der Waals surface area contributed by atoms with Gasteiger partial charge in [-0.1, -0.05) is 6.42 Å². The average Bonchev–Trinajstić information content (AvgIpc) is 2.20. The first-order valence-corrected chi connectivity index (χ1v) is 7.00. The molecule has 14 heavy (non-hydrogen) atoms. The van der Waals surface area contributed by atoms with E-state index in [0.29, 0.717) is 6.04 Å². The van der Waals surface area contributed by atoms with Crippen molar-refractivity contribution in [3.8, 4) is 0 Å². The van der Waals surface area contributed by atoms with Crippen LogP contribution in [-0.2, 0) is 4.74 Å². The molecule has 0 rings (SSSR count). The summed E-state index contributed by atoms with van der Waals surface area (Å²) in [7, 11) is 0. The van der Waals surface area contributed by atoms with E-state index in [1.807, 2.05) is 18.7 Å². The van der Waals surface area contributed by atoms with Crippen LogP contribution in [0.2, 0.25) is 0 Å². The number of ether oxygens (including phenoxy) is 1. The molecule has 0 aromatic heterocycles. The minimum Gasteiger partial charge on any atom is -0.380 e. The smallest absolute Gasteiger partial charge is 0.0616 e. The lowest BCUT2D eigenvalue weighted by molar-refractivity contribution is 0.127. The second-order valence-corrected chi connectivity index (χ2v) is 4.55. The van der Waals surface area contributed by atoms with Crippen molar-refractivity contribution in [1.29, 1.82) is 0 Å². The summed E-state index contributed by atoms with van der Waals surface area (Å²) >= 11 is 1.94. The maximum Gasteiger partial charge on any atom is 0.0616 e. The summed E-state index contributed by atoms with van der Waals surface area (Å²) < 4.78 is 5.33. The molecule has 0 bridgehead atoms. The summed E-state index contributed by atoms with van der Waals surface area (Å²) in [6.45, 7) is 7.00. The van der Waals surface area contributed by atoms with Gasteiger partial charge >= 0.3 is 0 Å². The first kappa shape index (κ1) is 14.3. The van der Waals surface area contributed by atoms with Gasteiger partial charge in [0.25, 0.3) is 0 Å². The molecule has 0 aromatic rings. The van der Waals surface area contributed by atoms with Gasteiger partial charge in [-0.25, -0.2) is 0 Å². The van der Waals surface area contributed by atoms with Gasteiger partial charge in [0.1, 0.15) is 0 Å². The maximum absolute atomic E-state index is 5.33. The molecule has 0 radical (unpaired) electrons. The third kappa shape index (κ3) is 10.4. The Balaban J connectivity index is 3.02. The Hall–Kier alpha value is 0.270. The van der Waals surface area contributed by atoms with Gasteiger partial charge in [0.2, 0.25) is 0 Å². The van der Waals surface area contributed by atoms with Gasteiger partial charge in [0.15, 0.2) is 0 Å². The summed E-state index contributed by atoms with van der Waals surface area (Å²) in [6, 6.07) is 0.496. The summed E-state index contributed by atoms with van der Waals surface area (Å²) in [4.78, 5) is 0. The van der Waals surface area contributed by atoms with Crippen molar-refractivity contribution in [2.75, 3.05) is 31.8 Å². The molecule has 0 aliphatic heterocycles. The Bertz CT molecular complexity index is 111. The number of unbranched alkanes of at least 4 members (excludes halogenated alkanes) is 2. The first-order chi connectivity index (χ1) is 6.81. The Morgan fingerprint density at radius 1 is 1.29 bits per heavy atom. The van der Waals surface area contributed by atoms with Crippen molar-refractivity contribution < 1.29 is 4.74 Å². The van der Waals surface area contributed by atoms with Gasteiger partial charge in [-0.3, -0.25) is 0 Å². The molecular weight excluding hydrogens is 194 g/mol. The number of rotatable bonds is 10. The molecule has 3 heteroatoms. The van der Waals surface area contributed by atoms with Gasteiger partial charge < -0.3 is 10.1 Å². The van der Waals surface area contributed by atoms with Crippen LogP contribution in [0.4, 0.5) is 0 Å². The lowest BCUT2D eigenvalue weighted by Crippen LogP contribution is -2.31. The third-order valence-electron chi connectivity index (χ3n) is 2.09. The molecule has 86 valence electrons. The van der Waals surface area contributed by atoms with Crippen molar-refractivity contribution in [3.63, 3.8) is 0 Å². The zero-order valence-electron chi connectivity index (χ0n) is 9.84. The molecule has 1 unspecified atom stereocenters. The second kappa shape index (κ2) is 11.3. The molecule has 1 N–H and O–H groups in total. The number of nitrogens with one attached hydrogen (secondary N) is 1. The van der Waals surface area contributed by atoms with E-state index in [4.69, 9.17) is 4.74 Å². The Morgan fingerprint density at radius 2 is 2.07 bits per heavy atom. The number of thioether (sulfide) groups is 1. The minimum absolute atomic E-state index is 0.496. The molecule has 0 spiro atoms. The van der Waals surface area contributed by atoms with Gasteiger partial charge in [0.05, 0.1) is 6.61 Å². The zero-order chi connectivity index (χ0) is 10.6.